The molecule has 2 aromatic carbocycles. The molecule has 2 aliphatic heterocycles. The van der Waals surface area contributed by atoms with E-state index in [9.17, 15) is 9.59 Å². The van der Waals surface area contributed by atoms with Crippen LogP contribution in [-0.4, -0.2) is 79.2 Å². The third kappa shape index (κ3) is 5.24. The van der Waals surface area contributed by atoms with Gasteiger partial charge in [-0.1, -0.05) is 43.0 Å². The second-order valence-corrected chi connectivity index (χ2v) is 9.18. The lowest BCUT2D eigenvalue weighted by Gasteiger charge is -2.42. The number of methoxy groups -OCH3 is 2. The number of amides is 3. The number of para-hydroxylation sites is 1. The predicted molar refractivity (Wildman–Crippen MR) is 137 cm³/mol. The molecule has 2 heterocycles. The molecule has 8 nitrogen and oxygen atoms in total. The summed E-state index contributed by atoms with van der Waals surface area (Å²) in [6.45, 7) is 7.28. The monoisotopic (exact) mass is 493 g/mol. The van der Waals surface area contributed by atoms with Crippen molar-refractivity contribution in [3.05, 3.63) is 72.3 Å². The van der Waals surface area contributed by atoms with Crippen molar-refractivity contribution in [2.45, 2.75) is 31.5 Å². The summed E-state index contributed by atoms with van der Waals surface area (Å²) in [6, 6.07) is 15.2. The lowest BCUT2D eigenvalue weighted by Crippen LogP contribution is -2.57. The number of carbonyl (C=O) groups is 2. The first-order valence-corrected chi connectivity index (χ1v) is 12.3. The lowest BCUT2D eigenvalue weighted by atomic mass is 9.85. The summed E-state index contributed by atoms with van der Waals surface area (Å²) in [5.41, 5.74) is 1.11. The second-order valence-electron chi connectivity index (χ2n) is 9.18. The topological polar surface area (TPSA) is 71.6 Å². The summed E-state index contributed by atoms with van der Waals surface area (Å²) in [5, 5.41) is 0. The Labute approximate surface area is 213 Å². The van der Waals surface area contributed by atoms with Crippen LogP contribution in [-0.2, 0) is 22.6 Å². The summed E-state index contributed by atoms with van der Waals surface area (Å²) in [7, 11) is 3.21. The fourth-order valence-corrected chi connectivity index (χ4v) is 5.10. The average molecular weight is 494 g/mol. The molecule has 0 saturated carbocycles. The largest absolute Gasteiger partial charge is 0.497 e. The van der Waals surface area contributed by atoms with Gasteiger partial charge in [-0.15, -0.1) is 0 Å². The molecule has 0 atom stereocenters. The van der Waals surface area contributed by atoms with Gasteiger partial charge in [-0.25, -0.2) is 4.79 Å². The number of imide groups is 1. The molecule has 2 saturated heterocycles. The van der Waals surface area contributed by atoms with Gasteiger partial charge >= 0.3 is 6.03 Å². The first-order chi connectivity index (χ1) is 17.5. The molecule has 0 bridgehead atoms. The minimum Gasteiger partial charge on any atom is -0.497 e. The average Bonchev–Trinajstić information content (AvgIpc) is 3.09. The van der Waals surface area contributed by atoms with Crippen LogP contribution in [0.3, 0.4) is 0 Å². The number of urea groups is 1. The second kappa shape index (κ2) is 11.6. The maximum Gasteiger partial charge on any atom is 0.328 e. The number of likely N-dealkylation sites (tertiary alicyclic amines) is 1. The first-order valence-electron chi connectivity index (χ1n) is 12.3. The Morgan fingerprint density at radius 2 is 1.81 bits per heavy atom. The zero-order valence-corrected chi connectivity index (χ0v) is 21.2. The summed E-state index contributed by atoms with van der Waals surface area (Å²) in [5.74, 6) is 1.42. The first kappa shape index (κ1) is 25.7. The fraction of sp³-hybridized carbons (Fsp3) is 0.429. The van der Waals surface area contributed by atoms with E-state index in [1.807, 2.05) is 42.5 Å². The van der Waals surface area contributed by atoms with E-state index in [-0.39, 0.29) is 18.5 Å². The highest BCUT2D eigenvalue weighted by Gasteiger charge is 2.57. The number of hydrogen-bond donors (Lipinski definition) is 0. The quantitative estimate of drug-likeness (QED) is 0.351. The van der Waals surface area contributed by atoms with Crippen LogP contribution in [0.5, 0.6) is 11.5 Å². The molecule has 0 N–H and O–H groups in total. The Morgan fingerprint density at radius 1 is 1.03 bits per heavy atom. The van der Waals surface area contributed by atoms with Gasteiger partial charge < -0.3 is 19.1 Å². The van der Waals surface area contributed by atoms with Gasteiger partial charge in [0.2, 0.25) is 0 Å². The van der Waals surface area contributed by atoms with E-state index >= 15 is 0 Å². The van der Waals surface area contributed by atoms with Crippen molar-refractivity contribution in [2.24, 2.45) is 0 Å². The molecule has 3 amide bonds. The van der Waals surface area contributed by atoms with E-state index in [1.54, 1.807) is 25.2 Å². The fourth-order valence-electron chi connectivity index (χ4n) is 5.10. The van der Waals surface area contributed by atoms with Crippen LogP contribution >= 0.6 is 0 Å². The predicted octanol–water partition coefficient (Wildman–Crippen LogP) is 3.71. The molecule has 8 heteroatoms. The van der Waals surface area contributed by atoms with E-state index in [1.165, 1.54) is 4.90 Å². The van der Waals surface area contributed by atoms with Gasteiger partial charge in [0, 0.05) is 38.9 Å². The van der Waals surface area contributed by atoms with Crippen LogP contribution in [0.15, 0.2) is 61.2 Å². The van der Waals surface area contributed by atoms with Crippen molar-refractivity contribution in [1.29, 1.82) is 0 Å². The molecule has 0 unspecified atom stereocenters. The highest BCUT2D eigenvalue weighted by atomic mass is 16.5. The molecule has 4 rings (SSSR count). The number of nitrogens with zero attached hydrogens (tertiary/aromatic N) is 3. The summed E-state index contributed by atoms with van der Waals surface area (Å²) in [6.07, 6.45) is 2.88. The molecular weight excluding hydrogens is 458 g/mol. The third-order valence-electron chi connectivity index (χ3n) is 7.02. The van der Waals surface area contributed by atoms with Crippen LogP contribution in [0, 0.1) is 0 Å². The van der Waals surface area contributed by atoms with Crippen LogP contribution in [0.1, 0.15) is 24.0 Å². The van der Waals surface area contributed by atoms with Gasteiger partial charge in [0.25, 0.3) is 5.91 Å². The molecule has 2 fully saturated rings. The van der Waals surface area contributed by atoms with Crippen LogP contribution in [0.25, 0.3) is 0 Å². The van der Waals surface area contributed by atoms with Crippen molar-refractivity contribution in [3.8, 4) is 11.5 Å². The van der Waals surface area contributed by atoms with E-state index < -0.39 is 5.54 Å². The molecule has 0 aliphatic carbocycles. The number of benzene rings is 2. The standard InChI is InChI=1S/C28H35N3O5/c1-4-17-36-25-11-6-5-9-23(25)21-29-14-12-28(13-15-29)26(32)30(27(33)31(28)16-18-34-2)20-22-8-7-10-24(19-22)35-3/h4-11,19H,1,12-18,20-21H2,2-3H3. The Kier molecular flexibility index (Phi) is 8.28. The zero-order chi connectivity index (χ0) is 25.5. The van der Waals surface area contributed by atoms with Crippen molar-refractivity contribution in [2.75, 3.05) is 47.1 Å². The highest BCUT2D eigenvalue weighted by molar-refractivity contribution is 6.07. The molecule has 192 valence electrons. The molecule has 2 aromatic rings. The molecule has 0 aromatic heterocycles. The highest BCUT2D eigenvalue weighted by Crippen LogP contribution is 2.38. The molecule has 0 radical (unpaired) electrons. The van der Waals surface area contributed by atoms with Gasteiger partial charge in [0.15, 0.2) is 0 Å². The SMILES string of the molecule is C=CCOc1ccccc1CN1CCC2(CC1)C(=O)N(Cc1cccc(OC)c1)C(=O)N2CCOC. The Bertz CT molecular complexity index is 1080. The minimum absolute atomic E-state index is 0.124. The maximum absolute atomic E-state index is 13.8. The van der Waals surface area contributed by atoms with Crippen LogP contribution in [0.4, 0.5) is 4.79 Å². The summed E-state index contributed by atoms with van der Waals surface area (Å²) < 4.78 is 16.4. The number of ether oxygens (including phenoxy) is 3. The van der Waals surface area contributed by atoms with Gasteiger partial charge in [0.05, 0.1) is 20.3 Å². The zero-order valence-electron chi connectivity index (χ0n) is 21.2. The number of carbonyl (C=O) groups excluding carboxylic acids is 2. The molecule has 2 aliphatic rings. The van der Waals surface area contributed by atoms with Gasteiger partial charge in [-0.2, -0.15) is 0 Å². The van der Waals surface area contributed by atoms with E-state index in [4.69, 9.17) is 14.2 Å². The number of hydrogen-bond acceptors (Lipinski definition) is 6. The minimum atomic E-state index is -0.843. The molecule has 1 spiro atoms. The molecule has 36 heavy (non-hydrogen) atoms. The number of rotatable bonds is 11. The number of piperidine rings is 1. The van der Waals surface area contributed by atoms with E-state index in [0.717, 1.165) is 23.4 Å². The van der Waals surface area contributed by atoms with Crippen molar-refractivity contribution in [3.63, 3.8) is 0 Å². The van der Waals surface area contributed by atoms with E-state index in [2.05, 4.69) is 17.5 Å². The maximum atomic E-state index is 13.8. The van der Waals surface area contributed by atoms with Crippen LogP contribution in [0.2, 0.25) is 0 Å². The van der Waals surface area contributed by atoms with E-state index in [0.29, 0.717) is 51.4 Å². The third-order valence-corrected chi connectivity index (χ3v) is 7.02. The Morgan fingerprint density at radius 3 is 2.53 bits per heavy atom. The smallest absolute Gasteiger partial charge is 0.328 e. The van der Waals surface area contributed by atoms with Crippen molar-refractivity contribution in [1.82, 2.24) is 14.7 Å². The normalized spacial score (nSPS) is 17.6. The van der Waals surface area contributed by atoms with Gasteiger partial charge in [-0.05, 0) is 36.6 Å². The van der Waals surface area contributed by atoms with Crippen LogP contribution < -0.4 is 9.47 Å². The Hall–Kier alpha value is -3.36. The van der Waals surface area contributed by atoms with Crippen molar-refractivity contribution >= 4 is 11.9 Å². The summed E-state index contributed by atoms with van der Waals surface area (Å²) >= 11 is 0. The summed E-state index contributed by atoms with van der Waals surface area (Å²) in [4.78, 5) is 32.7. The van der Waals surface area contributed by atoms with Gasteiger partial charge in [-0.3, -0.25) is 14.6 Å². The lowest BCUT2D eigenvalue weighted by molar-refractivity contribution is -0.136. The van der Waals surface area contributed by atoms with Gasteiger partial charge in [0.1, 0.15) is 23.6 Å². The van der Waals surface area contributed by atoms with Crippen molar-refractivity contribution < 1.29 is 23.8 Å². The molecular formula is C28H35N3O5. The Balaban J connectivity index is 1.50.